The van der Waals surface area contributed by atoms with Gasteiger partial charge in [-0.3, -0.25) is 9.36 Å². The molecule has 0 aromatic carbocycles. The van der Waals surface area contributed by atoms with E-state index in [1.807, 2.05) is 29.8 Å². The molecule has 0 spiro atoms. The SMILES string of the molecule is Cc1nccn1-c1ccc(NC(=O)[C@H]2CCCNC2)cn1. The lowest BCUT2D eigenvalue weighted by molar-refractivity contribution is -0.120. The Morgan fingerprint density at radius 3 is 2.95 bits per heavy atom. The number of hydrogen-bond acceptors (Lipinski definition) is 4. The lowest BCUT2D eigenvalue weighted by atomic mass is 9.99. The van der Waals surface area contributed by atoms with Gasteiger partial charge in [0.2, 0.25) is 5.91 Å². The summed E-state index contributed by atoms with van der Waals surface area (Å²) in [4.78, 5) is 20.7. The van der Waals surface area contributed by atoms with E-state index in [0.717, 1.165) is 43.3 Å². The topological polar surface area (TPSA) is 71.8 Å². The van der Waals surface area contributed by atoms with Gasteiger partial charge in [-0.1, -0.05) is 0 Å². The molecule has 0 aliphatic carbocycles. The van der Waals surface area contributed by atoms with E-state index >= 15 is 0 Å². The van der Waals surface area contributed by atoms with Gasteiger partial charge in [-0.15, -0.1) is 0 Å². The maximum Gasteiger partial charge on any atom is 0.228 e. The summed E-state index contributed by atoms with van der Waals surface area (Å²) in [5.41, 5.74) is 0.729. The molecule has 0 unspecified atom stereocenters. The Morgan fingerprint density at radius 1 is 1.43 bits per heavy atom. The van der Waals surface area contributed by atoms with Crippen molar-refractivity contribution in [2.75, 3.05) is 18.4 Å². The molecule has 1 aliphatic heterocycles. The summed E-state index contributed by atoms with van der Waals surface area (Å²) in [6, 6.07) is 3.75. The first-order valence-electron chi connectivity index (χ1n) is 7.22. The van der Waals surface area contributed by atoms with Crippen molar-refractivity contribution in [3.05, 3.63) is 36.5 Å². The fourth-order valence-electron chi connectivity index (χ4n) is 2.54. The third-order valence-electron chi connectivity index (χ3n) is 3.76. The molecule has 1 saturated heterocycles. The molecule has 110 valence electrons. The van der Waals surface area contributed by atoms with Crippen LogP contribution in [0.4, 0.5) is 5.69 Å². The predicted octanol–water partition coefficient (Wildman–Crippen LogP) is 1.51. The highest BCUT2D eigenvalue weighted by Crippen LogP contribution is 2.15. The molecule has 2 aromatic rings. The van der Waals surface area contributed by atoms with Crippen molar-refractivity contribution in [1.29, 1.82) is 0 Å². The number of anilines is 1. The highest BCUT2D eigenvalue weighted by atomic mass is 16.1. The van der Waals surface area contributed by atoms with Gasteiger partial charge in [0.15, 0.2) is 0 Å². The van der Waals surface area contributed by atoms with Gasteiger partial charge >= 0.3 is 0 Å². The third kappa shape index (κ3) is 3.11. The number of carbonyl (C=O) groups is 1. The molecule has 3 heterocycles. The largest absolute Gasteiger partial charge is 0.324 e. The first kappa shape index (κ1) is 13.8. The molecule has 0 saturated carbocycles. The second-order valence-corrected chi connectivity index (χ2v) is 5.28. The minimum absolute atomic E-state index is 0.0503. The van der Waals surface area contributed by atoms with Gasteiger partial charge in [-0.2, -0.15) is 0 Å². The number of pyridine rings is 1. The maximum absolute atomic E-state index is 12.1. The molecular weight excluding hydrogens is 266 g/mol. The number of rotatable bonds is 3. The zero-order valence-corrected chi connectivity index (χ0v) is 12.0. The van der Waals surface area contributed by atoms with Crippen molar-refractivity contribution < 1.29 is 4.79 Å². The van der Waals surface area contributed by atoms with Crippen LogP contribution in [-0.2, 0) is 4.79 Å². The van der Waals surface area contributed by atoms with Gasteiger partial charge in [-0.25, -0.2) is 9.97 Å². The molecule has 1 amide bonds. The van der Waals surface area contributed by atoms with Crippen LogP contribution >= 0.6 is 0 Å². The minimum Gasteiger partial charge on any atom is -0.324 e. The fourth-order valence-corrected chi connectivity index (χ4v) is 2.54. The van der Waals surface area contributed by atoms with Crippen LogP contribution in [0, 0.1) is 12.8 Å². The summed E-state index contributed by atoms with van der Waals surface area (Å²) in [5.74, 6) is 1.79. The number of imidazole rings is 1. The number of nitrogens with zero attached hydrogens (tertiary/aromatic N) is 3. The molecule has 1 atom stereocenters. The van der Waals surface area contributed by atoms with E-state index in [1.54, 1.807) is 12.4 Å². The van der Waals surface area contributed by atoms with E-state index in [9.17, 15) is 4.79 Å². The van der Waals surface area contributed by atoms with Crippen molar-refractivity contribution in [3.63, 3.8) is 0 Å². The quantitative estimate of drug-likeness (QED) is 0.897. The van der Waals surface area contributed by atoms with E-state index in [-0.39, 0.29) is 11.8 Å². The number of aromatic nitrogens is 3. The molecule has 6 heteroatoms. The molecule has 3 rings (SSSR count). The lowest BCUT2D eigenvalue weighted by Gasteiger charge is -2.21. The van der Waals surface area contributed by atoms with Crippen LogP contribution < -0.4 is 10.6 Å². The standard InChI is InChI=1S/C15H19N5O/c1-11-17-7-8-20(11)14-5-4-13(10-18-14)19-15(21)12-3-2-6-16-9-12/h4-5,7-8,10,12,16H,2-3,6,9H2,1H3,(H,19,21)/t12-/m0/s1. The molecule has 2 N–H and O–H groups in total. The molecule has 0 radical (unpaired) electrons. The first-order chi connectivity index (χ1) is 10.2. The molecule has 2 aromatic heterocycles. The second-order valence-electron chi connectivity index (χ2n) is 5.28. The summed E-state index contributed by atoms with van der Waals surface area (Å²) in [5, 5.41) is 6.18. The van der Waals surface area contributed by atoms with Crippen LogP contribution in [-0.4, -0.2) is 33.5 Å². The molecule has 0 bridgehead atoms. The van der Waals surface area contributed by atoms with E-state index < -0.39 is 0 Å². The molecule has 1 fully saturated rings. The summed E-state index contributed by atoms with van der Waals surface area (Å²) >= 11 is 0. The van der Waals surface area contributed by atoms with Crippen LogP contribution in [0.3, 0.4) is 0 Å². The van der Waals surface area contributed by atoms with Gasteiger partial charge in [0.05, 0.1) is 17.8 Å². The van der Waals surface area contributed by atoms with Gasteiger partial charge in [0.1, 0.15) is 11.6 Å². The average molecular weight is 285 g/mol. The summed E-state index contributed by atoms with van der Waals surface area (Å²) in [6.07, 6.45) is 7.28. The zero-order valence-electron chi connectivity index (χ0n) is 12.0. The van der Waals surface area contributed by atoms with E-state index in [0.29, 0.717) is 0 Å². The maximum atomic E-state index is 12.1. The normalized spacial score (nSPS) is 18.4. The Labute approximate surface area is 123 Å². The first-order valence-corrected chi connectivity index (χ1v) is 7.22. The van der Waals surface area contributed by atoms with Gasteiger partial charge in [-0.05, 0) is 38.4 Å². The average Bonchev–Trinajstić information content (AvgIpc) is 2.95. The summed E-state index contributed by atoms with van der Waals surface area (Å²) in [7, 11) is 0. The third-order valence-corrected chi connectivity index (χ3v) is 3.76. The summed E-state index contributed by atoms with van der Waals surface area (Å²) in [6.45, 7) is 3.68. The van der Waals surface area contributed by atoms with Crippen molar-refractivity contribution in [2.45, 2.75) is 19.8 Å². The second kappa shape index (κ2) is 6.05. The predicted molar refractivity (Wildman–Crippen MR) is 80.3 cm³/mol. The number of aryl methyl sites for hydroxylation is 1. The van der Waals surface area contributed by atoms with Crippen LogP contribution in [0.15, 0.2) is 30.7 Å². The van der Waals surface area contributed by atoms with Crippen LogP contribution in [0.5, 0.6) is 0 Å². The molecular formula is C15H19N5O. The Balaban J connectivity index is 1.67. The van der Waals surface area contributed by atoms with Crippen molar-refractivity contribution in [1.82, 2.24) is 19.9 Å². The molecule has 1 aliphatic rings. The van der Waals surface area contributed by atoms with Crippen LogP contribution in [0.2, 0.25) is 0 Å². The smallest absolute Gasteiger partial charge is 0.228 e. The highest BCUT2D eigenvalue weighted by Gasteiger charge is 2.20. The fraction of sp³-hybridized carbons (Fsp3) is 0.400. The number of piperidine rings is 1. The van der Waals surface area contributed by atoms with E-state index in [2.05, 4.69) is 20.6 Å². The zero-order chi connectivity index (χ0) is 14.7. The Kier molecular flexibility index (Phi) is 3.96. The molecule has 6 nitrogen and oxygen atoms in total. The lowest BCUT2D eigenvalue weighted by Crippen LogP contribution is -2.37. The Bertz CT molecular complexity index is 613. The Hall–Kier alpha value is -2.21. The monoisotopic (exact) mass is 285 g/mol. The minimum atomic E-state index is 0.0503. The van der Waals surface area contributed by atoms with Crippen LogP contribution in [0.25, 0.3) is 5.82 Å². The number of nitrogens with one attached hydrogen (secondary N) is 2. The van der Waals surface area contributed by atoms with Gasteiger partial charge < -0.3 is 10.6 Å². The van der Waals surface area contributed by atoms with Crippen molar-refractivity contribution >= 4 is 11.6 Å². The van der Waals surface area contributed by atoms with Crippen LogP contribution in [0.1, 0.15) is 18.7 Å². The van der Waals surface area contributed by atoms with Gasteiger partial charge in [0.25, 0.3) is 0 Å². The summed E-state index contributed by atoms with van der Waals surface area (Å²) < 4.78 is 1.90. The van der Waals surface area contributed by atoms with Crippen molar-refractivity contribution in [2.24, 2.45) is 5.92 Å². The van der Waals surface area contributed by atoms with Crippen molar-refractivity contribution in [3.8, 4) is 5.82 Å². The number of hydrogen-bond donors (Lipinski definition) is 2. The number of carbonyl (C=O) groups excluding carboxylic acids is 1. The highest BCUT2D eigenvalue weighted by molar-refractivity contribution is 5.92. The Morgan fingerprint density at radius 2 is 2.33 bits per heavy atom. The molecule has 21 heavy (non-hydrogen) atoms. The van der Waals surface area contributed by atoms with E-state index in [4.69, 9.17) is 0 Å². The van der Waals surface area contributed by atoms with E-state index in [1.165, 1.54) is 0 Å². The number of amides is 1. The van der Waals surface area contributed by atoms with Gasteiger partial charge in [0, 0.05) is 18.9 Å².